The zero-order valence-electron chi connectivity index (χ0n) is 13.5. The second-order valence-corrected chi connectivity index (χ2v) is 5.57. The summed E-state index contributed by atoms with van der Waals surface area (Å²) in [4.78, 5) is 40.2. The van der Waals surface area contributed by atoms with Crippen LogP contribution in [0.3, 0.4) is 0 Å². The summed E-state index contributed by atoms with van der Waals surface area (Å²) in [6, 6.07) is 11.0. The van der Waals surface area contributed by atoms with Crippen LogP contribution in [0.4, 0.5) is 10.1 Å². The first-order chi connectivity index (χ1) is 12.0. The number of nitrogens with zero attached hydrogens (tertiary/aromatic N) is 1. The molecule has 7 heteroatoms. The lowest BCUT2D eigenvalue weighted by Crippen LogP contribution is -2.42. The number of aromatic amines is 1. The van der Waals surface area contributed by atoms with Crippen molar-refractivity contribution in [2.24, 2.45) is 0 Å². The van der Waals surface area contributed by atoms with Crippen molar-refractivity contribution in [3.63, 3.8) is 0 Å². The van der Waals surface area contributed by atoms with Crippen molar-refractivity contribution in [2.45, 2.75) is 19.4 Å². The van der Waals surface area contributed by atoms with Gasteiger partial charge < -0.3 is 10.3 Å². The molecule has 0 aliphatic carbocycles. The Morgan fingerprint density at radius 2 is 1.96 bits per heavy atom. The molecule has 0 aliphatic heterocycles. The molecule has 3 aromatic rings. The molecular formula is C18H16FN3O3. The maximum Gasteiger partial charge on any atom is 0.329 e. The third-order valence-electron chi connectivity index (χ3n) is 3.93. The molecule has 2 N–H and O–H groups in total. The van der Waals surface area contributed by atoms with Gasteiger partial charge in [0.15, 0.2) is 0 Å². The van der Waals surface area contributed by atoms with Crippen molar-refractivity contribution in [3.05, 3.63) is 75.2 Å². The number of carbonyl (C=O) groups is 1. The van der Waals surface area contributed by atoms with Gasteiger partial charge in [-0.05, 0) is 36.8 Å². The van der Waals surface area contributed by atoms with E-state index in [1.165, 1.54) is 18.2 Å². The smallest absolute Gasteiger partial charge is 0.324 e. The van der Waals surface area contributed by atoms with Crippen LogP contribution < -0.4 is 16.6 Å². The highest BCUT2D eigenvalue weighted by Gasteiger charge is 2.23. The second kappa shape index (κ2) is 6.72. The number of aromatic nitrogens is 2. The van der Waals surface area contributed by atoms with Gasteiger partial charge in [-0.15, -0.1) is 0 Å². The molecule has 0 saturated heterocycles. The molecule has 6 nitrogen and oxygen atoms in total. The summed E-state index contributed by atoms with van der Waals surface area (Å²) in [5, 5.41) is 2.86. The number of H-pyrrole nitrogens is 1. The van der Waals surface area contributed by atoms with Crippen molar-refractivity contribution in [1.82, 2.24) is 9.55 Å². The van der Waals surface area contributed by atoms with Crippen LogP contribution in [-0.2, 0) is 4.79 Å². The van der Waals surface area contributed by atoms with Crippen molar-refractivity contribution < 1.29 is 9.18 Å². The Morgan fingerprint density at radius 1 is 1.20 bits per heavy atom. The summed E-state index contributed by atoms with van der Waals surface area (Å²) in [7, 11) is 0. The van der Waals surface area contributed by atoms with Crippen LogP contribution >= 0.6 is 0 Å². The third-order valence-corrected chi connectivity index (χ3v) is 3.93. The Morgan fingerprint density at radius 3 is 2.68 bits per heavy atom. The van der Waals surface area contributed by atoms with Crippen LogP contribution in [0.5, 0.6) is 0 Å². The number of benzene rings is 2. The van der Waals surface area contributed by atoms with Gasteiger partial charge in [-0.3, -0.25) is 9.59 Å². The van der Waals surface area contributed by atoms with Crippen molar-refractivity contribution in [1.29, 1.82) is 0 Å². The summed E-state index contributed by atoms with van der Waals surface area (Å²) in [5.74, 6) is -1.05. The van der Waals surface area contributed by atoms with E-state index >= 15 is 0 Å². The second-order valence-electron chi connectivity index (χ2n) is 5.57. The number of halogens is 1. The maximum atomic E-state index is 13.3. The Labute approximate surface area is 141 Å². The number of amides is 1. The molecule has 1 aromatic heterocycles. The largest absolute Gasteiger partial charge is 0.329 e. The lowest BCUT2D eigenvalue weighted by Gasteiger charge is -2.17. The van der Waals surface area contributed by atoms with E-state index in [1.807, 2.05) is 0 Å². The van der Waals surface area contributed by atoms with Gasteiger partial charge in [0, 0.05) is 5.69 Å². The van der Waals surface area contributed by atoms with Crippen LogP contribution in [0.2, 0.25) is 0 Å². The van der Waals surface area contributed by atoms with Gasteiger partial charge in [0.25, 0.3) is 5.56 Å². The molecule has 0 radical (unpaired) electrons. The summed E-state index contributed by atoms with van der Waals surface area (Å²) in [6.07, 6.45) is 0.225. The predicted molar refractivity (Wildman–Crippen MR) is 93.2 cm³/mol. The summed E-state index contributed by atoms with van der Waals surface area (Å²) in [5.41, 5.74) is -0.534. The summed E-state index contributed by atoms with van der Waals surface area (Å²) >= 11 is 0. The van der Waals surface area contributed by atoms with E-state index in [2.05, 4.69) is 10.3 Å². The summed E-state index contributed by atoms with van der Waals surface area (Å²) in [6.45, 7) is 1.69. The highest BCUT2D eigenvalue weighted by Crippen LogP contribution is 2.15. The van der Waals surface area contributed by atoms with Crippen molar-refractivity contribution in [3.8, 4) is 0 Å². The molecule has 0 aliphatic rings. The lowest BCUT2D eigenvalue weighted by atomic mass is 10.1. The van der Waals surface area contributed by atoms with Gasteiger partial charge in [0.2, 0.25) is 5.91 Å². The molecule has 0 saturated carbocycles. The minimum Gasteiger partial charge on any atom is -0.324 e. The number of hydrogen-bond acceptors (Lipinski definition) is 3. The maximum absolute atomic E-state index is 13.3. The average molecular weight is 341 g/mol. The van der Waals surface area contributed by atoms with E-state index < -0.39 is 29.0 Å². The first kappa shape index (κ1) is 16.6. The average Bonchev–Trinajstić information content (AvgIpc) is 2.58. The Kier molecular flexibility index (Phi) is 4.47. The van der Waals surface area contributed by atoms with E-state index in [0.717, 1.165) is 10.6 Å². The van der Waals surface area contributed by atoms with Gasteiger partial charge >= 0.3 is 5.69 Å². The van der Waals surface area contributed by atoms with Gasteiger partial charge in [0.1, 0.15) is 11.9 Å². The third kappa shape index (κ3) is 3.21. The molecule has 1 amide bonds. The van der Waals surface area contributed by atoms with E-state index in [-0.39, 0.29) is 12.1 Å². The Hall–Kier alpha value is -3.22. The van der Waals surface area contributed by atoms with Crippen molar-refractivity contribution in [2.75, 3.05) is 5.32 Å². The molecule has 1 heterocycles. The molecular weight excluding hydrogens is 325 g/mol. The first-order valence-corrected chi connectivity index (χ1v) is 7.81. The normalized spacial score (nSPS) is 12.1. The quantitative estimate of drug-likeness (QED) is 0.764. The van der Waals surface area contributed by atoms with Gasteiger partial charge in [-0.2, -0.15) is 0 Å². The van der Waals surface area contributed by atoms with Crippen LogP contribution in [-0.4, -0.2) is 15.5 Å². The topological polar surface area (TPSA) is 84.0 Å². The number of hydrogen-bond donors (Lipinski definition) is 2. The fraction of sp³-hybridized carbons (Fsp3) is 0.167. The number of para-hydroxylation sites is 1. The van der Waals surface area contributed by atoms with E-state index in [1.54, 1.807) is 31.2 Å². The fourth-order valence-corrected chi connectivity index (χ4v) is 2.74. The highest BCUT2D eigenvalue weighted by atomic mass is 19.1. The van der Waals surface area contributed by atoms with Crippen LogP contribution in [0.25, 0.3) is 10.9 Å². The lowest BCUT2D eigenvalue weighted by molar-refractivity contribution is -0.119. The molecule has 0 fully saturated rings. The molecule has 3 rings (SSSR count). The van der Waals surface area contributed by atoms with E-state index in [0.29, 0.717) is 10.9 Å². The molecule has 25 heavy (non-hydrogen) atoms. The number of rotatable bonds is 4. The Balaban J connectivity index is 2.03. The molecule has 0 bridgehead atoms. The van der Waals surface area contributed by atoms with Gasteiger partial charge in [-0.1, -0.05) is 25.1 Å². The SMILES string of the molecule is CC[C@@H](C(=O)Nc1cccc(F)c1)n1c(=O)[nH]c2ccccc2c1=O. The first-order valence-electron chi connectivity index (χ1n) is 7.81. The van der Waals surface area contributed by atoms with Crippen LogP contribution in [0.1, 0.15) is 19.4 Å². The minimum atomic E-state index is -1.01. The zero-order chi connectivity index (χ0) is 18.0. The highest BCUT2D eigenvalue weighted by molar-refractivity contribution is 5.93. The summed E-state index contributed by atoms with van der Waals surface area (Å²) < 4.78 is 14.2. The fourth-order valence-electron chi connectivity index (χ4n) is 2.74. The zero-order valence-corrected chi connectivity index (χ0v) is 13.5. The number of carbonyl (C=O) groups excluding carboxylic acids is 1. The Bertz CT molecular complexity index is 1060. The minimum absolute atomic E-state index is 0.225. The predicted octanol–water partition coefficient (Wildman–Crippen LogP) is 2.42. The van der Waals surface area contributed by atoms with Crippen LogP contribution in [0, 0.1) is 5.82 Å². The van der Waals surface area contributed by atoms with Gasteiger partial charge in [-0.25, -0.2) is 13.8 Å². The van der Waals surface area contributed by atoms with Crippen molar-refractivity contribution >= 4 is 22.5 Å². The molecule has 1 atom stereocenters. The molecule has 0 unspecified atom stereocenters. The number of nitrogens with one attached hydrogen (secondary N) is 2. The molecule has 2 aromatic carbocycles. The van der Waals surface area contributed by atoms with Crippen LogP contribution in [0.15, 0.2) is 58.1 Å². The standard InChI is InChI=1S/C18H16FN3O3/c1-2-15(16(23)20-12-7-5-6-11(19)10-12)22-17(24)13-8-3-4-9-14(13)21-18(22)25/h3-10,15H,2H2,1H3,(H,20,23)(H,21,25)/t15-/m0/s1. The monoisotopic (exact) mass is 341 g/mol. The number of fused-ring (bicyclic) bond motifs is 1. The van der Waals surface area contributed by atoms with Gasteiger partial charge in [0.05, 0.1) is 10.9 Å². The molecule has 128 valence electrons. The van der Waals surface area contributed by atoms with E-state index in [4.69, 9.17) is 0 Å². The van der Waals surface area contributed by atoms with E-state index in [9.17, 15) is 18.8 Å². The molecule has 0 spiro atoms. The number of anilines is 1.